The number of anilines is 1. The molecule has 6 nitrogen and oxygen atoms in total. The highest BCUT2D eigenvalue weighted by molar-refractivity contribution is 6.05. The molecule has 0 saturated carbocycles. The fraction of sp³-hybridized carbons (Fsp3) is 0.0833. The summed E-state index contributed by atoms with van der Waals surface area (Å²) in [6.07, 6.45) is 3.99. The van der Waals surface area contributed by atoms with Gasteiger partial charge in [-0.05, 0) is 48.9 Å². The number of hydrogen-bond acceptors (Lipinski definition) is 4. The van der Waals surface area contributed by atoms with Gasteiger partial charge in [0.1, 0.15) is 5.65 Å². The van der Waals surface area contributed by atoms with Gasteiger partial charge in [-0.15, -0.1) is 0 Å². The number of imidazole rings is 1. The van der Waals surface area contributed by atoms with Crippen LogP contribution < -0.4 is 10.1 Å². The third-order valence-corrected chi connectivity index (χ3v) is 5.01. The standard InChI is InChI=1S/C24H19N3O3/c1-15-10-11-27-14-19(26-22(27)12-15)16-6-8-18(9-7-16)25-24(28)21-13-17-4-3-5-20(29-2)23(17)30-21/h3-14H,1-2H3,(H,25,28). The average Bonchev–Trinajstić information content (AvgIpc) is 3.38. The number of methoxy groups -OCH3 is 1. The number of amides is 1. The normalized spacial score (nSPS) is 11.1. The van der Waals surface area contributed by atoms with Crippen LogP contribution in [0, 0.1) is 6.92 Å². The molecule has 0 fully saturated rings. The van der Waals surface area contributed by atoms with Gasteiger partial charge < -0.3 is 18.9 Å². The Labute approximate surface area is 172 Å². The molecule has 0 spiro atoms. The van der Waals surface area contributed by atoms with Crippen LogP contribution in [0.1, 0.15) is 16.1 Å². The summed E-state index contributed by atoms with van der Waals surface area (Å²) in [5, 5.41) is 3.69. The molecule has 5 aromatic rings. The number of nitrogens with one attached hydrogen (secondary N) is 1. The number of nitrogens with zero attached hydrogens (tertiary/aromatic N) is 2. The van der Waals surface area contributed by atoms with E-state index < -0.39 is 0 Å². The minimum Gasteiger partial charge on any atom is -0.493 e. The monoisotopic (exact) mass is 397 g/mol. The van der Waals surface area contributed by atoms with Crippen molar-refractivity contribution in [3.05, 3.63) is 84.4 Å². The summed E-state index contributed by atoms with van der Waals surface area (Å²) >= 11 is 0. The lowest BCUT2D eigenvalue weighted by Crippen LogP contribution is -2.10. The van der Waals surface area contributed by atoms with E-state index in [1.807, 2.05) is 72.2 Å². The molecule has 148 valence electrons. The third-order valence-electron chi connectivity index (χ3n) is 5.01. The molecule has 5 rings (SSSR count). The van der Waals surface area contributed by atoms with E-state index in [1.165, 1.54) is 5.56 Å². The highest BCUT2D eigenvalue weighted by atomic mass is 16.5. The van der Waals surface area contributed by atoms with Crippen LogP contribution in [0.5, 0.6) is 5.75 Å². The maximum absolute atomic E-state index is 12.6. The quantitative estimate of drug-likeness (QED) is 0.446. The molecule has 3 aromatic heterocycles. The molecule has 0 aliphatic carbocycles. The first kappa shape index (κ1) is 18.0. The van der Waals surface area contributed by atoms with Crippen LogP contribution in [0.25, 0.3) is 27.9 Å². The largest absolute Gasteiger partial charge is 0.493 e. The molecule has 30 heavy (non-hydrogen) atoms. The Kier molecular flexibility index (Phi) is 4.25. The van der Waals surface area contributed by atoms with E-state index in [0.717, 1.165) is 22.3 Å². The molecule has 0 atom stereocenters. The summed E-state index contributed by atoms with van der Waals surface area (Å²) in [5.41, 5.74) is 5.16. The van der Waals surface area contributed by atoms with Gasteiger partial charge in [0, 0.05) is 29.0 Å². The molecule has 6 heteroatoms. The van der Waals surface area contributed by atoms with Crippen molar-refractivity contribution in [1.82, 2.24) is 9.38 Å². The van der Waals surface area contributed by atoms with E-state index >= 15 is 0 Å². The van der Waals surface area contributed by atoms with Crippen LogP contribution >= 0.6 is 0 Å². The number of aryl methyl sites for hydroxylation is 1. The summed E-state index contributed by atoms with van der Waals surface area (Å²) < 4.78 is 13.0. The topological polar surface area (TPSA) is 68.8 Å². The minimum atomic E-state index is -0.316. The van der Waals surface area contributed by atoms with Crippen LogP contribution in [0.2, 0.25) is 0 Å². The van der Waals surface area contributed by atoms with E-state index in [2.05, 4.69) is 10.3 Å². The number of carbonyl (C=O) groups is 1. The Morgan fingerprint density at radius 2 is 1.93 bits per heavy atom. The van der Waals surface area contributed by atoms with Gasteiger partial charge >= 0.3 is 0 Å². The second kappa shape index (κ2) is 7.08. The first-order valence-corrected chi connectivity index (χ1v) is 9.54. The molecule has 2 aromatic carbocycles. The summed E-state index contributed by atoms with van der Waals surface area (Å²) in [6.45, 7) is 2.05. The van der Waals surface area contributed by atoms with Gasteiger partial charge in [0.2, 0.25) is 0 Å². The highest BCUT2D eigenvalue weighted by Crippen LogP contribution is 2.29. The Morgan fingerprint density at radius 3 is 2.73 bits per heavy atom. The average molecular weight is 397 g/mol. The van der Waals surface area contributed by atoms with Gasteiger partial charge in [-0.3, -0.25) is 4.79 Å². The second-order valence-electron chi connectivity index (χ2n) is 7.12. The Bertz CT molecular complexity index is 1380. The number of benzene rings is 2. The lowest BCUT2D eigenvalue weighted by molar-refractivity contribution is 0.0998. The van der Waals surface area contributed by atoms with Crippen molar-refractivity contribution in [3.8, 4) is 17.0 Å². The summed E-state index contributed by atoms with van der Waals surface area (Å²) in [6, 6.07) is 18.9. The van der Waals surface area contributed by atoms with Crippen LogP contribution in [0.4, 0.5) is 5.69 Å². The number of furan rings is 1. The maximum atomic E-state index is 12.6. The van der Waals surface area contributed by atoms with Crippen molar-refractivity contribution in [2.75, 3.05) is 12.4 Å². The van der Waals surface area contributed by atoms with E-state index in [4.69, 9.17) is 9.15 Å². The first-order valence-electron chi connectivity index (χ1n) is 9.54. The van der Waals surface area contributed by atoms with Gasteiger partial charge in [0.25, 0.3) is 5.91 Å². The van der Waals surface area contributed by atoms with Crippen molar-refractivity contribution in [3.63, 3.8) is 0 Å². The molecular formula is C24H19N3O3. The third kappa shape index (κ3) is 3.18. The lowest BCUT2D eigenvalue weighted by atomic mass is 10.1. The number of aromatic nitrogens is 2. The van der Waals surface area contributed by atoms with Crippen LogP contribution in [-0.2, 0) is 0 Å². The fourth-order valence-corrected chi connectivity index (χ4v) is 3.45. The number of para-hydroxylation sites is 1. The SMILES string of the molecule is COc1cccc2cc(C(=O)Nc3ccc(-c4cn5ccc(C)cc5n4)cc3)oc12. The number of fused-ring (bicyclic) bond motifs is 2. The lowest BCUT2D eigenvalue weighted by Gasteiger charge is -2.04. The number of hydrogen-bond donors (Lipinski definition) is 1. The molecular weight excluding hydrogens is 378 g/mol. The first-order chi connectivity index (χ1) is 14.6. The Morgan fingerprint density at radius 1 is 1.10 bits per heavy atom. The smallest absolute Gasteiger partial charge is 0.291 e. The van der Waals surface area contributed by atoms with E-state index in [1.54, 1.807) is 19.2 Å². The Balaban J connectivity index is 1.37. The summed E-state index contributed by atoms with van der Waals surface area (Å²) in [7, 11) is 1.57. The second-order valence-corrected chi connectivity index (χ2v) is 7.12. The van der Waals surface area contributed by atoms with Crippen molar-refractivity contribution >= 4 is 28.2 Å². The van der Waals surface area contributed by atoms with Crippen molar-refractivity contribution in [2.24, 2.45) is 0 Å². The molecule has 0 unspecified atom stereocenters. The maximum Gasteiger partial charge on any atom is 0.291 e. The fourth-order valence-electron chi connectivity index (χ4n) is 3.45. The molecule has 0 aliphatic heterocycles. The van der Waals surface area contributed by atoms with Crippen molar-refractivity contribution < 1.29 is 13.9 Å². The molecule has 0 radical (unpaired) electrons. The molecule has 0 saturated heterocycles. The number of rotatable bonds is 4. The zero-order valence-corrected chi connectivity index (χ0v) is 16.5. The van der Waals surface area contributed by atoms with Gasteiger partial charge in [-0.2, -0.15) is 0 Å². The number of pyridine rings is 1. The van der Waals surface area contributed by atoms with Gasteiger partial charge in [0.15, 0.2) is 17.1 Å². The van der Waals surface area contributed by atoms with E-state index in [0.29, 0.717) is 17.0 Å². The summed E-state index contributed by atoms with van der Waals surface area (Å²) in [5.74, 6) is 0.511. The van der Waals surface area contributed by atoms with E-state index in [-0.39, 0.29) is 11.7 Å². The van der Waals surface area contributed by atoms with Crippen LogP contribution in [0.15, 0.2) is 77.5 Å². The molecule has 1 amide bonds. The van der Waals surface area contributed by atoms with Crippen LogP contribution in [0.3, 0.4) is 0 Å². The van der Waals surface area contributed by atoms with Gasteiger partial charge in [-0.1, -0.05) is 24.3 Å². The van der Waals surface area contributed by atoms with Crippen LogP contribution in [-0.4, -0.2) is 22.4 Å². The molecule has 1 N–H and O–H groups in total. The number of carbonyl (C=O) groups excluding carboxylic acids is 1. The molecule has 3 heterocycles. The highest BCUT2D eigenvalue weighted by Gasteiger charge is 2.15. The Hall–Kier alpha value is -4.06. The van der Waals surface area contributed by atoms with E-state index in [9.17, 15) is 4.79 Å². The summed E-state index contributed by atoms with van der Waals surface area (Å²) in [4.78, 5) is 17.3. The molecule has 0 aliphatic rings. The number of ether oxygens (including phenoxy) is 1. The predicted molar refractivity (Wildman–Crippen MR) is 116 cm³/mol. The predicted octanol–water partition coefficient (Wildman–Crippen LogP) is 5.32. The van der Waals surface area contributed by atoms with Gasteiger partial charge in [0.05, 0.1) is 12.8 Å². The zero-order chi connectivity index (χ0) is 20.7. The van der Waals surface area contributed by atoms with Gasteiger partial charge in [-0.25, -0.2) is 4.98 Å². The minimum absolute atomic E-state index is 0.231. The van der Waals surface area contributed by atoms with Crippen molar-refractivity contribution in [2.45, 2.75) is 6.92 Å². The van der Waals surface area contributed by atoms with Crippen molar-refractivity contribution in [1.29, 1.82) is 0 Å². The zero-order valence-electron chi connectivity index (χ0n) is 16.5. The molecule has 0 bridgehead atoms.